The maximum Gasteiger partial charge on any atom is 0.221 e. The fraction of sp³-hybridized carbons (Fsp3) is 0.929. The van der Waals surface area contributed by atoms with Crippen LogP contribution in [-0.2, 0) is 14.8 Å². The van der Waals surface area contributed by atoms with Crippen LogP contribution in [0.2, 0.25) is 0 Å². The molecule has 1 fully saturated rings. The predicted molar refractivity (Wildman–Crippen MR) is 80.9 cm³/mol. The van der Waals surface area contributed by atoms with E-state index in [1.165, 1.54) is 29.8 Å². The van der Waals surface area contributed by atoms with E-state index >= 15 is 0 Å². The minimum absolute atomic E-state index is 0.0465. The highest BCUT2D eigenvalue weighted by molar-refractivity contribution is 7.88. The summed E-state index contributed by atoms with van der Waals surface area (Å²) in [5, 5.41) is 3.02. The molecule has 6 heteroatoms. The Labute approximate surface area is 123 Å². The van der Waals surface area contributed by atoms with Gasteiger partial charge in [0.25, 0.3) is 0 Å². The number of nitrogens with zero attached hydrogens (tertiary/aromatic N) is 1. The van der Waals surface area contributed by atoms with Gasteiger partial charge in [0.15, 0.2) is 0 Å². The molecule has 0 heterocycles. The average Bonchev–Trinajstić information content (AvgIpc) is 2.26. The van der Waals surface area contributed by atoms with Crippen LogP contribution in [0, 0.1) is 0 Å². The average molecular weight is 304 g/mol. The summed E-state index contributed by atoms with van der Waals surface area (Å²) in [5.41, 5.74) is -0.501. The summed E-state index contributed by atoms with van der Waals surface area (Å²) < 4.78 is 24.9. The quantitative estimate of drug-likeness (QED) is 0.843. The smallest absolute Gasteiger partial charge is 0.221 e. The van der Waals surface area contributed by atoms with Crippen molar-refractivity contribution in [2.75, 3.05) is 12.8 Å². The van der Waals surface area contributed by atoms with Gasteiger partial charge in [-0.05, 0) is 33.6 Å². The molecule has 20 heavy (non-hydrogen) atoms. The molecule has 1 aliphatic rings. The fourth-order valence-electron chi connectivity index (χ4n) is 2.75. The lowest BCUT2D eigenvalue weighted by molar-refractivity contribution is -0.122. The zero-order chi connectivity index (χ0) is 15.4. The molecule has 118 valence electrons. The Balaban J connectivity index is 2.49. The van der Waals surface area contributed by atoms with Crippen LogP contribution in [0.15, 0.2) is 0 Å². The minimum atomic E-state index is -3.30. The third kappa shape index (κ3) is 5.79. The summed E-state index contributed by atoms with van der Waals surface area (Å²) in [7, 11) is -3.30. The molecule has 1 saturated carbocycles. The molecule has 0 saturated heterocycles. The van der Waals surface area contributed by atoms with E-state index in [2.05, 4.69) is 5.32 Å². The number of nitrogens with one attached hydrogen (secondary N) is 1. The van der Waals surface area contributed by atoms with E-state index in [9.17, 15) is 13.2 Å². The Kier molecular flexibility index (Phi) is 6.01. The summed E-state index contributed by atoms with van der Waals surface area (Å²) in [6.45, 7) is 5.76. The van der Waals surface area contributed by atoms with E-state index in [0.717, 1.165) is 12.8 Å². The molecule has 0 unspecified atom stereocenters. The van der Waals surface area contributed by atoms with Crippen molar-refractivity contribution in [2.24, 2.45) is 0 Å². The van der Waals surface area contributed by atoms with E-state index in [-0.39, 0.29) is 24.9 Å². The minimum Gasteiger partial charge on any atom is -0.353 e. The zero-order valence-corrected chi connectivity index (χ0v) is 13.9. The van der Waals surface area contributed by atoms with Gasteiger partial charge in [-0.3, -0.25) is 4.79 Å². The van der Waals surface area contributed by atoms with Crippen LogP contribution in [0.5, 0.6) is 0 Å². The van der Waals surface area contributed by atoms with Crippen LogP contribution in [-0.4, -0.2) is 43.0 Å². The highest BCUT2D eigenvalue weighted by Crippen LogP contribution is 2.19. The van der Waals surface area contributed by atoms with E-state index in [4.69, 9.17) is 0 Å². The van der Waals surface area contributed by atoms with Crippen molar-refractivity contribution in [2.45, 2.75) is 70.9 Å². The van der Waals surface area contributed by atoms with Gasteiger partial charge in [0.05, 0.1) is 6.26 Å². The van der Waals surface area contributed by atoms with Crippen LogP contribution in [0.25, 0.3) is 0 Å². The molecular weight excluding hydrogens is 276 g/mol. The fourth-order valence-corrected chi connectivity index (χ4v) is 4.17. The maximum atomic E-state index is 11.9. The van der Waals surface area contributed by atoms with E-state index < -0.39 is 15.6 Å². The van der Waals surface area contributed by atoms with Crippen molar-refractivity contribution in [3.8, 4) is 0 Å². The van der Waals surface area contributed by atoms with Gasteiger partial charge >= 0.3 is 0 Å². The molecule has 0 aromatic rings. The Hall–Kier alpha value is -0.620. The maximum absolute atomic E-state index is 11.9. The van der Waals surface area contributed by atoms with Crippen molar-refractivity contribution >= 4 is 15.9 Å². The topological polar surface area (TPSA) is 66.5 Å². The number of hydrogen-bond acceptors (Lipinski definition) is 3. The highest BCUT2D eigenvalue weighted by atomic mass is 32.2. The normalized spacial score (nSPS) is 18.2. The van der Waals surface area contributed by atoms with Crippen molar-refractivity contribution in [3.05, 3.63) is 0 Å². The van der Waals surface area contributed by atoms with E-state index in [0.29, 0.717) is 0 Å². The van der Waals surface area contributed by atoms with E-state index in [1.807, 2.05) is 20.8 Å². The standard InChI is InChI=1S/C14H28N2O3S/c1-14(2,3)16(20(4,18)19)11-10-13(17)15-12-8-6-5-7-9-12/h12H,5-11H2,1-4H3,(H,15,17). The molecule has 0 bridgehead atoms. The van der Waals surface area contributed by atoms with Crippen LogP contribution >= 0.6 is 0 Å². The molecule has 0 aromatic heterocycles. The first kappa shape index (κ1) is 17.4. The number of hydrogen-bond donors (Lipinski definition) is 1. The van der Waals surface area contributed by atoms with Gasteiger partial charge in [0.1, 0.15) is 0 Å². The van der Waals surface area contributed by atoms with Gasteiger partial charge in [0.2, 0.25) is 15.9 Å². The summed E-state index contributed by atoms with van der Waals surface area (Å²) in [4.78, 5) is 11.9. The number of amides is 1. The molecule has 0 aromatic carbocycles. The zero-order valence-electron chi connectivity index (χ0n) is 13.1. The van der Waals surface area contributed by atoms with Crippen molar-refractivity contribution < 1.29 is 13.2 Å². The highest BCUT2D eigenvalue weighted by Gasteiger charge is 2.29. The molecule has 1 aliphatic carbocycles. The first-order chi connectivity index (χ1) is 9.10. The lowest BCUT2D eigenvalue weighted by Gasteiger charge is -2.33. The molecule has 0 atom stereocenters. The second kappa shape index (κ2) is 6.89. The van der Waals surface area contributed by atoms with Gasteiger partial charge in [0, 0.05) is 24.5 Å². The molecule has 1 amide bonds. The summed E-state index contributed by atoms with van der Waals surface area (Å²) in [6.07, 6.45) is 7.09. The number of carbonyl (C=O) groups is 1. The monoisotopic (exact) mass is 304 g/mol. The molecule has 0 radical (unpaired) electrons. The molecule has 0 spiro atoms. The Morgan fingerprint density at radius 2 is 1.75 bits per heavy atom. The van der Waals surface area contributed by atoms with Crippen LogP contribution in [0.1, 0.15) is 59.3 Å². The predicted octanol–water partition coefficient (Wildman–Crippen LogP) is 1.89. The Morgan fingerprint density at radius 3 is 2.20 bits per heavy atom. The SMILES string of the molecule is CC(C)(C)N(CCC(=O)NC1CCCCC1)S(C)(=O)=O. The van der Waals surface area contributed by atoms with E-state index in [1.54, 1.807) is 0 Å². The van der Waals surface area contributed by atoms with Gasteiger partial charge in [-0.1, -0.05) is 19.3 Å². The lowest BCUT2D eigenvalue weighted by atomic mass is 9.95. The van der Waals surface area contributed by atoms with Crippen molar-refractivity contribution in [1.82, 2.24) is 9.62 Å². The summed E-state index contributed by atoms with van der Waals surface area (Å²) in [6, 6.07) is 0.276. The third-order valence-electron chi connectivity index (χ3n) is 3.66. The van der Waals surface area contributed by atoms with Gasteiger partial charge in [-0.15, -0.1) is 0 Å². The number of carbonyl (C=O) groups excluding carboxylic acids is 1. The van der Waals surface area contributed by atoms with Crippen LogP contribution in [0.3, 0.4) is 0 Å². The van der Waals surface area contributed by atoms with Crippen molar-refractivity contribution in [3.63, 3.8) is 0 Å². The second-order valence-electron chi connectivity index (χ2n) is 6.66. The Bertz CT molecular complexity index is 420. The van der Waals surface area contributed by atoms with Gasteiger partial charge in [-0.2, -0.15) is 4.31 Å². The van der Waals surface area contributed by atoms with Gasteiger partial charge < -0.3 is 5.32 Å². The summed E-state index contributed by atoms with van der Waals surface area (Å²) in [5.74, 6) is -0.0465. The lowest BCUT2D eigenvalue weighted by Crippen LogP contribution is -2.47. The van der Waals surface area contributed by atoms with Gasteiger partial charge in [-0.25, -0.2) is 8.42 Å². The summed E-state index contributed by atoms with van der Waals surface area (Å²) >= 11 is 0. The first-order valence-corrected chi connectivity index (χ1v) is 9.23. The number of sulfonamides is 1. The van der Waals surface area contributed by atoms with Crippen molar-refractivity contribution in [1.29, 1.82) is 0 Å². The molecule has 1 N–H and O–H groups in total. The first-order valence-electron chi connectivity index (χ1n) is 7.38. The Morgan fingerprint density at radius 1 is 1.20 bits per heavy atom. The molecule has 5 nitrogen and oxygen atoms in total. The van der Waals surface area contributed by atoms with Crippen LogP contribution < -0.4 is 5.32 Å². The number of rotatable bonds is 5. The molecule has 0 aliphatic heterocycles. The molecular formula is C14H28N2O3S. The molecule has 1 rings (SSSR count). The second-order valence-corrected chi connectivity index (χ2v) is 8.57. The third-order valence-corrected chi connectivity index (χ3v) is 5.19. The van der Waals surface area contributed by atoms with Crippen LogP contribution in [0.4, 0.5) is 0 Å². The largest absolute Gasteiger partial charge is 0.353 e.